The van der Waals surface area contributed by atoms with Crippen molar-refractivity contribution >= 4 is 17.7 Å². The van der Waals surface area contributed by atoms with Gasteiger partial charge < -0.3 is 9.64 Å². The molecule has 0 unspecified atom stereocenters. The second-order valence-corrected chi connectivity index (χ2v) is 4.15. The van der Waals surface area contributed by atoms with Gasteiger partial charge in [0.2, 0.25) is 5.95 Å². The van der Waals surface area contributed by atoms with Gasteiger partial charge in [-0.25, -0.2) is 10.1 Å². The Morgan fingerprint density at radius 2 is 2.30 bits per heavy atom. The second-order valence-electron chi connectivity index (χ2n) is 4.15. The SMILES string of the molecule is CCOc1n[nH]c(NC(=O)c2ccnc(N(C)C)c2)n1. The number of pyridine rings is 1. The number of amides is 1. The molecule has 0 atom stereocenters. The molecular weight excluding hydrogens is 260 g/mol. The highest BCUT2D eigenvalue weighted by Gasteiger charge is 2.11. The lowest BCUT2D eigenvalue weighted by Crippen LogP contribution is -2.15. The third kappa shape index (κ3) is 3.22. The fraction of sp³-hybridized carbons (Fsp3) is 0.333. The Labute approximate surface area is 116 Å². The number of aromatic nitrogens is 4. The van der Waals surface area contributed by atoms with E-state index in [-0.39, 0.29) is 17.9 Å². The van der Waals surface area contributed by atoms with Gasteiger partial charge in [0.25, 0.3) is 5.91 Å². The summed E-state index contributed by atoms with van der Waals surface area (Å²) < 4.78 is 5.10. The Balaban J connectivity index is 2.09. The van der Waals surface area contributed by atoms with Gasteiger partial charge in [-0.2, -0.15) is 4.98 Å². The highest BCUT2D eigenvalue weighted by Crippen LogP contribution is 2.12. The molecule has 2 heterocycles. The van der Waals surface area contributed by atoms with E-state index < -0.39 is 0 Å². The molecule has 2 aromatic heterocycles. The predicted octanol–water partition coefficient (Wildman–Crippen LogP) is 0.917. The number of carbonyl (C=O) groups is 1. The minimum absolute atomic E-state index is 0.200. The normalized spacial score (nSPS) is 10.2. The molecule has 0 saturated carbocycles. The van der Waals surface area contributed by atoms with Crippen molar-refractivity contribution in [1.29, 1.82) is 0 Å². The smallest absolute Gasteiger partial charge is 0.337 e. The summed E-state index contributed by atoms with van der Waals surface area (Å²) in [4.78, 5) is 22.0. The minimum atomic E-state index is -0.297. The molecule has 8 nitrogen and oxygen atoms in total. The number of carbonyl (C=O) groups excluding carboxylic acids is 1. The number of anilines is 2. The number of hydrogen-bond donors (Lipinski definition) is 2. The van der Waals surface area contributed by atoms with E-state index in [4.69, 9.17) is 4.74 Å². The largest absolute Gasteiger partial charge is 0.463 e. The number of aromatic amines is 1. The van der Waals surface area contributed by atoms with Crippen molar-refractivity contribution in [3.8, 4) is 6.01 Å². The summed E-state index contributed by atoms with van der Waals surface area (Å²) in [5.74, 6) is 0.640. The van der Waals surface area contributed by atoms with Gasteiger partial charge in [0, 0.05) is 25.9 Å². The molecule has 0 fully saturated rings. The standard InChI is InChI=1S/C12H16N6O2/c1-4-20-12-15-11(16-17-12)14-10(19)8-5-6-13-9(7-8)18(2)3/h5-7H,4H2,1-3H3,(H2,14,15,16,17,19). The summed E-state index contributed by atoms with van der Waals surface area (Å²) in [6.45, 7) is 2.29. The van der Waals surface area contributed by atoms with E-state index in [9.17, 15) is 4.79 Å². The fourth-order valence-corrected chi connectivity index (χ4v) is 1.48. The summed E-state index contributed by atoms with van der Waals surface area (Å²) in [6.07, 6.45) is 1.58. The van der Waals surface area contributed by atoms with Crippen molar-refractivity contribution in [2.75, 3.05) is 30.9 Å². The van der Waals surface area contributed by atoms with E-state index in [1.807, 2.05) is 25.9 Å². The molecule has 0 aliphatic heterocycles. The van der Waals surface area contributed by atoms with Crippen molar-refractivity contribution in [3.05, 3.63) is 23.9 Å². The maximum atomic E-state index is 12.1. The first-order valence-electron chi connectivity index (χ1n) is 6.10. The average molecular weight is 276 g/mol. The highest BCUT2D eigenvalue weighted by atomic mass is 16.5. The van der Waals surface area contributed by atoms with Crippen LogP contribution in [0.15, 0.2) is 18.3 Å². The highest BCUT2D eigenvalue weighted by molar-refractivity contribution is 6.03. The van der Waals surface area contributed by atoms with Crippen molar-refractivity contribution < 1.29 is 9.53 Å². The third-order valence-corrected chi connectivity index (χ3v) is 2.44. The van der Waals surface area contributed by atoms with Crippen LogP contribution in [0.2, 0.25) is 0 Å². The van der Waals surface area contributed by atoms with Gasteiger partial charge in [-0.1, -0.05) is 0 Å². The van der Waals surface area contributed by atoms with E-state index in [0.29, 0.717) is 18.0 Å². The lowest BCUT2D eigenvalue weighted by molar-refractivity contribution is 0.102. The molecule has 0 radical (unpaired) electrons. The van der Waals surface area contributed by atoms with Crippen molar-refractivity contribution in [3.63, 3.8) is 0 Å². The molecule has 2 N–H and O–H groups in total. The first-order valence-corrected chi connectivity index (χ1v) is 6.10. The van der Waals surface area contributed by atoms with Gasteiger partial charge in [0.05, 0.1) is 6.61 Å². The van der Waals surface area contributed by atoms with Gasteiger partial charge in [0.15, 0.2) is 0 Å². The zero-order valence-corrected chi connectivity index (χ0v) is 11.5. The van der Waals surface area contributed by atoms with Gasteiger partial charge in [-0.15, -0.1) is 5.10 Å². The van der Waals surface area contributed by atoms with Crippen molar-refractivity contribution in [1.82, 2.24) is 20.2 Å². The van der Waals surface area contributed by atoms with Crippen LogP contribution < -0.4 is 15.0 Å². The Hall–Kier alpha value is -2.64. The number of nitrogens with zero attached hydrogens (tertiary/aromatic N) is 4. The van der Waals surface area contributed by atoms with Crippen LogP contribution in [0.4, 0.5) is 11.8 Å². The lowest BCUT2D eigenvalue weighted by atomic mass is 10.2. The van der Waals surface area contributed by atoms with E-state index >= 15 is 0 Å². The Kier molecular flexibility index (Phi) is 4.14. The first-order chi connectivity index (χ1) is 9.60. The van der Waals surface area contributed by atoms with Gasteiger partial charge in [-0.05, 0) is 19.1 Å². The number of nitrogens with one attached hydrogen (secondary N) is 2. The van der Waals surface area contributed by atoms with Crippen LogP contribution in [0, 0.1) is 0 Å². The monoisotopic (exact) mass is 276 g/mol. The topological polar surface area (TPSA) is 96.0 Å². The maximum Gasteiger partial charge on any atom is 0.337 e. The van der Waals surface area contributed by atoms with Crippen LogP contribution in [-0.4, -0.2) is 46.8 Å². The van der Waals surface area contributed by atoms with Gasteiger partial charge >= 0.3 is 6.01 Å². The van der Waals surface area contributed by atoms with Crippen molar-refractivity contribution in [2.24, 2.45) is 0 Å². The van der Waals surface area contributed by atoms with Crippen LogP contribution in [0.1, 0.15) is 17.3 Å². The maximum absolute atomic E-state index is 12.1. The number of hydrogen-bond acceptors (Lipinski definition) is 6. The van der Waals surface area contributed by atoms with Gasteiger partial charge in [-0.3, -0.25) is 10.1 Å². The molecule has 2 aromatic rings. The molecule has 0 aromatic carbocycles. The molecule has 8 heteroatoms. The molecule has 0 aliphatic rings. The van der Waals surface area contributed by atoms with E-state index in [1.54, 1.807) is 18.3 Å². The average Bonchev–Trinajstić information content (AvgIpc) is 2.86. The molecular formula is C12H16N6O2. The van der Waals surface area contributed by atoms with Crippen molar-refractivity contribution in [2.45, 2.75) is 6.92 Å². The molecule has 0 saturated heterocycles. The van der Waals surface area contributed by atoms with E-state index in [1.165, 1.54) is 0 Å². The van der Waals surface area contributed by atoms with Crippen LogP contribution >= 0.6 is 0 Å². The minimum Gasteiger partial charge on any atom is -0.463 e. The molecule has 106 valence electrons. The second kappa shape index (κ2) is 6.00. The molecule has 20 heavy (non-hydrogen) atoms. The quantitative estimate of drug-likeness (QED) is 0.843. The van der Waals surface area contributed by atoms with E-state index in [0.717, 1.165) is 0 Å². The van der Waals surface area contributed by atoms with Crippen LogP contribution in [0.5, 0.6) is 6.01 Å². The number of ether oxygens (including phenoxy) is 1. The lowest BCUT2D eigenvalue weighted by Gasteiger charge is -2.11. The number of rotatable bonds is 5. The fourth-order valence-electron chi connectivity index (χ4n) is 1.48. The summed E-state index contributed by atoms with van der Waals surface area (Å²) in [6, 6.07) is 3.52. The summed E-state index contributed by atoms with van der Waals surface area (Å²) in [5.41, 5.74) is 0.484. The zero-order valence-electron chi connectivity index (χ0n) is 11.5. The molecule has 0 bridgehead atoms. The van der Waals surface area contributed by atoms with Crippen LogP contribution in [0.3, 0.4) is 0 Å². The third-order valence-electron chi connectivity index (χ3n) is 2.44. The molecule has 2 rings (SSSR count). The molecule has 0 aliphatic carbocycles. The van der Waals surface area contributed by atoms with Crippen LogP contribution in [-0.2, 0) is 0 Å². The summed E-state index contributed by atoms with van der Waals surface area (Å²) in [5, 5.41) is 9.00. The Bertz CT molecular complexity index is 595. The van der Waals surface area contributed by atoms with Crippen LogP contribution in [0.25, 0.3) is 0 Å². The Morgan fingerprint density at radius 3 is 3.00 bits per heavy atom. The van der Waals surface area contributed by atoms with Gasteiger partial charge in [0.1, 0.15) is 5.82 Å². The first kappa shape index (κ1) is 13.8. The molecule has 0 spiro atoms. The number of H-pyrrole nitrogens is 1. The predicted molar refractivity (Wildman–Crippen MR) is 74.1 cm³/mol. The molecule has 1 amide bonds. The summed E-state index contributed by atoms with van der Waals surface area (Å²) >= 11 is 0. The summed E-state index contributed by atoms with van der Waals surface area (Å²) in [7, 11) is 3.71. The Morgan fingerprint density at radius 1 is 1.50 bits per heavy atom. The van der Waals surface area contributed by atoms with E-state index in [2.05, 4.69) is 25.5 Å². The zero-order chi connectivity index (χ0) is 14.5.